The molecule has 0 radical (unpaired) electrons. The highest BCUT2D eigenvalue weighted by Crippen LogP contribution is 2.38. The van der Waals surface area contributed by atoms with Crippen LogP contribution in [0.25, 0.3) is 0 Å². The number of halogens is 4. The number of hydrogen-bond acceptors (Lipinski definition) is 3. The third kappa shape index (κ3) is 3.33. The van der Waals surface area contributed by atoms with Crippen molar-refractivity contribution in [2.75, 3.05) is 18.1 Å². The predicted octanol–water partition coefficient (Wildman–Crippen LogP) is 4.91. The monoisotopic (exact) mass is 403 g/mol. The largest absolute Gasteiger partial charge is 0.492 e. The summed E-state index contributed by atoms with van der Waals surface area (Å²) < 4.78 is 5.55. The molecule has 3 rings (SSSR count). The Hall–Kier alpha value is -1.46. The lowest BCUT2D eigenvalue weighted by Gasteiger charge is -2.18. The lowest BCUT2D eigenvalue weighted by atomic mass is 10.1. The van der Waals surface area contributed by atoms with Crippen LogP contribution in [0.5, 0.6) is 5.75 Å². The minimum atomic E-state index is -0.665. The first-order valence-corrected chi connectivity index (χ1v) is 8.32. The smallest absolute Gasteiger partial charge is 0.299 e. The fourth-order valence-corrected chi connectivity index (χ4v) is 3.53. The average Bonchev–Trinajstić information content (AvgIpc) is 2.71. The van der Waals surface area contributed by atoms with Crippen LogP contribution in [0, 0.1) is 0 Å². The molecule has 0 N–H and O–H groups in total. The van der Waals surface area contributed by atoms with E-state index in [1.54, 1.807) is 18.2 Å². The number of nitrogens with zero attached hydrogens (tertiary/aromatic N) is 1. The lowest BCUT2D eigenvalue weighted by Crippen LogP contribution is -2.33. The van der Waals surface area contributed by atoms with Crippen LogP contribution < -0.4 is 9.64 Å². The molecule has 0 unspecified atom stereocenters. The molecule has 0 saturated heterocycles. The van der Waals surface area contributed by atoms with Crippen molar-refractivity contribution < 1.29 is 14.3 Å². The summed E-state index contributed by atoms with van der Waals surface area (Å²) in [7, 11) is 0. The second-order valence-corrected chi connectivity index (χ2v) is 6.74. The summed E-state index contributed by atoms with van der Waals surface area (Å²) >= 11 is 23.8. The standard InChI is InChI=1S/C16H9Cl4NO3/c17-8-3-9(18)5-11(4-8)24-2-1-21-14-12(15(22)16(21)23)6-10(19)7-13(14)20/h3-7H,1-2H2. The van der Waals surface area contributed by atoms with E-state index in [0.29, 0.717) is 26.5 Å². The Bertz CT molecular complexity index is 833. The number of carbonyl (C=O) groups is 2. The molecule has 2 aromatic rings. The van der Waals surface area contributed by atoms with Gasteiger partial charge in [0.15, 0.2) is 0 Å². The summed E-state index contributed by atoms with van der Waals surface area (Å²) in [5.41, 5.74) is 0.548. The van der Waals surface area contributed by atoms with E-state index >= 15 is 0 Å². The maximum absolute atomic E-state index is 12.2. The molecule has 8 heteroatoms. The number of anilines is 1. The molecule has 0 aromatic heterocycles. The fraction of sp³-hybridized carbons (Fsp3) is 0.125. The molecule has 1 aliphatic heterocycles. The normalized spacial score (nSPS) is 13.4. The zero-order chi connectivity index (χ0) is 17.4. The zero-order valence-electron chi connectivity index (χ0n) is 12.0. The highest BCUT2D eigenvalue weighted by molar-refractivity contribution is 6.54. The SMILES string of the molecule is O=C1C(=O)N(CCOc2cc(Cl)cc(Cl)c2)c2c(Cl)cc(Cl)cc21. The van der Waals surface area contributed by atoms with Gasteiger partial charge in [-0.2, -0.15) is 0 Å². The van der Waals surface area contributed by atoms with Gasteiger partial charge in [-0.15, -0.1) is 0 Å². The van der Waals surface area contributed by atoms with E-state index in [1.165, 1.54) is 17.0 Å². The molecule has 0 atom stereocenters. The Labute approximate surface area is 157 Å². The van der Waals surface area contributed by atoms with Gasteiger partial charge in [-0.1, -0.05) is 46.4 Å². The van der Waals surface area contributed by atoms with Crippen molar-refractivity contribution in [1.82, 2.24) is 0 Å². The quantitative estimate of drug-likeness (QED) is 0.680. The van der Waals surface area contributed by atoms with Crippen LogP contribution in [0.4, 0.5) is 5.69 Å². The Kier molecular flexibility index (Phi) is 4.92. The summed E-state index contributed by atoms with van der Waals surface area (Å²) in [5.74, 6) is -0.838. The summed E-state index contributed by atoms with van der Waals surface area (Å²) in [6.07, 6.45) is 0. The third-order valence-corrected chi connectivity index (χ3v) is 4.34. The maximum Gasteiger partial charge on any atom is 0.299 e. The summed E-state index contributed by atoms with van der Waals surface area (Å²) in [4.78, 5) is 25.5. The van der Waals surface area contributed by atoms with E-state index in [9.17, 15) is 9.59 Å². The number of rotatable bonds is 4. The molecular weight excluding hydrogens is 396 g/mol. The first-order valence-electron chi connectivity index (χ1n) is 6.81. The van der Waals surface area contributed by atoms with Crippen LogP contribution in [0.15, 0.2) is 30.3 Å². The van der Waals surface area contributed by atoms with E-state index in [-0.39, 0.29) is 23.7 Å². The molecule has 4 nitrogen and oxygen atoms in total. The number of benzene rings is 2. The van der Waals surface area contributed by atoms with Gasteiger partial charge < -0.3 is 4.74 Å². The number of ketones is 1. The van der Waals surface area contributed by atoms with Crippen molar-refractivity contribution in [1.29, 1.82) is 0 Å². The maximum atomic E-state index is 12.2. The third-order valence-electron chi connectivity index (χ3n) is 3.40. The van der Waals surface area contributed by atoms with Crippen molar-refractivity contribution in [3.05, 3.63) is 56.0 Å². The topological polar surface area (TPSA) is 46.6 Å². The molecule has 0 fully saturated rings. The van der Waals surface area contributed by atoms with E-state index in [0.717, 1.165) is 0 Å². The van der Waals surface area contributed by atoms with Gasteiger partial charge in [0, 0.05) is 15.1 Å². The Morgan fingerprint density at radius 1 is 0.875 bits per heavy atom. The number of hydrogen-bond donors (Lipinski definition) is 0. The van der Waals surface area contributed by atoms with E-state index in [2.05, 4.69) is 0 Å². The number of carbonyl (C=O) groups excluding carboxylic acids is 2. The highest BCUT2D eigenvalue weighted by Gasteiger charge is 2.37. The minimum Gasteiger partial charge on any atom is -0.492 e. The van der Waals surface area contributed by atoms with Crippen LogP contribution in [0.3, 0.4) is 0 Å². The second-order valence-electron chi connectivity index (χ2n) is 5.02. The van der Waals surface area contributed by atoms with Crippen LogP contribution in [-0.4, -0.2) is 24.8 Å². The number of Topliss-reactive ketones (excluding diaryl/α,β-unsaturated/α-hetero) is 1. The van der Waals surface area contributed by atoms with E-state index < -0.39 is 11.7 Å². The lowest BCUT2D eigenvalue weighted by molar-refractivity contribution is -0.114. The van der Waals surface area contributed by atoms with Crippen molar-refractivity contribution in [3.8, 4) is 5.75 Å². The average molecular weight is 405 g/mol. The molecule has 24 heavy (non-hydrogen) atoms. The van der Waals surface area contributed by atoms with Crippen LogP contribution in [0.2, 0.25) is 20.1 Å². The molecule has 0 aliphatic carbocycles. The number of amides is 1. The minimum absolute atomic E-state index is 0.133. The highest BCUT2D eigenvalue weighted by atomic mass is 35.5. The Morgan fingerprint density at radius 3 is 2.17 bits per heavy atom. The fourth-order valence-electron chi connectivity index (χ4n) is 2.43. The number of ether oxygens (including phenoxy) is 1. The van der Waals surface area contributed by atoms with E-state index in [4.69, 9.17) is 51.1 Å². The van der Waals surface area contributed by atoms with Gasteiger partial charge in [0.2, 0.25) is 0 Å². The van der Waals surface area contributed by atoms with Gasteiger partial charge >= 0.3 is 0 Å². The van der Waals surface area contributed by atoms with Gasteiger partial charge in [-0.25, -0.2) is 0 Å². The first kappa shape index (κ1) is 17.4. The van der Waals surface area contributed by atoms with Crippen LogP contribution in [-0.2, 0) is 4.79 Å². The number of fused-ring (bicyclic) bond motifs is 1. The van der Waals surface area contributed by atoms with Crippen molar-refractivity contribution in [3.63, 3.8) is 0 Å². The first-order chi connectivity index (χ1) is 11.4. The Morgan fingerprint density at radius 2 is 1.50 bits per heavy atom. The molecule has 2 aromatic carbocycles. The summed E-state index contributed by atoms with van der Waals surface area (Å²) in [6, 6.07) is 7.70. The van der Waals surface area contributed by atoms with Gasteiger partial charge in [0.1, 0.15) is 12.4 Å². The molecule has 0 saturated carbocycles. The Balaban J connectivity index is 1.77. The summed E-state index contributed by atoms with van der Waals surface area (Å²) in [5, 5.41) is 1.41. The zero-order valence-corrected chi connectivity index (χ0v) is 15.0. The molecule has 0 bridgehead atoms. The molecular formula is C16H9Cl4NO3. The molecule has 124 valence electrons. The molecule has 1 amide bonds. The van der Waals surface area contributed by atoms with Gasteiger partial charge in [-0.05, 0) is 30.3 Å². The van der Waals surface area contributed by atoms with Crippen LogP contribution >= 0.6 is 46.4 Å². The van der Waals surface area contributed by atoms with E-state index in [1.807, 2.05) is 0 Å². The van der Waals surface area contributed by atoms with Crippen LogP contribution in [0.1, 0.15) is 10.4 Å². The molecule has 0 spiro atoms. The second kappa shape index (κ2) is 6.81. The molecule has 1 aliphatic rings. The summed E-state index contributed by atoms with van der Waals surface area (Å²) in [6.45, 7) is 0.275. The van der Waals surface area contributed by atoms with Crippen molar-refractivity contribution in [2.24, 2.45) is 0 Å². The predicted molar refractivity (Wildman–Crippen MR) is 95.1 cm³/mol. The van der Waals surface area contributed by atoms with Gasteiger partial charge in [0.25, 0.3) is 11.7 Å². The van der Waals surface area contributed by atoms with Gasteiger partial charge in [-0.3, -0.25) is 14.5 Å². The van der Waals surface area contributed by atoms with Crippen molar-refractivity contribution >= 4 is 63.8 Å². The van der Waals surface area contributed by atoms with Crippen molar-refractivity contribution in [2.45, 2.75) is 0 Å². The van der Waals surface area contributed by atoms with Gasteiger partial charge in [0.05, 0.1) is 22.8 Å². The molecule has 1 heterocycles.